The normalized spacial score (nSPS) is 15.6. The number of nitrogens with zero attached hydrogens (tertiary/aromatic N) is 1. The number of carbonyl (C=O) groups is 1. The topological polar surface area (TPSA) is 68.0 Å². The van der Waals surface area contributed by atoms with Crippen molar-refractivity contribution in [2.75, 3.05) is 17.3 Å². The molecule has 1 aliphatic carbocycles. The van der Waals surface area contributed by atoms with Crippen LogP contribution >= 0.6 is 23.1 Å². The van der Waals surface area contributed by atoms with Gasteiger partial charge in [-0.1, -0.05) is 0 Å². The molecule has 1 amide bonds. The molecule has 6 heteroatoms. The Labute approximate surface area is 109 Å². The first kappa shape index (κ1) is 12.9. The number of thiazole rings is 1. The number of aromatic nitrogens is 1. The molecular weight excluding hydrogens is 254 g/mol. The van der Waals surface area contributed by atoms with Gasteiger partial charge in [0.05, 0.1) is 11.7 Å². The molecular formula is C11H17N3OS2. The monoisotopic (exact) mass is 271 g/mol. The van der Waals surface area contributed by atoms with E-state index in [0.29, 0.717) is 11.6 Å². The number of rotatable bonds is 5. The van der Waals surface area contributed by atoms with Gasteiger partial charge in [0.15, 0.2) is 5.13 Å². The fraction of sp³-hybridized carbons (Fsp3) is 0.636. The number of aryl methyl sites for hydroxylation is 2. The van der Waals surface area contributed by atoms with E-state index in [1.807, 2.05) is 6.26 Å². The molecule has 1 aromatic rings. The maximum Gasteiger partial charge on any atom is 0.243 e. The summed E-state index contributed by atoms with van der Waals surface area (Å²) in [5.41, 5.74) is 6.95. The van der Waals surface area contributed by atoms with Gasteiger partial charge < -0.3 is 11.1 Å². The molecule has 3 N–H and O–H groups in total. The molecule has 1 aromatic heterocycles. The second-order valence-corrected chi connectivity index (χ2v) is 6.19. The molecule has 0 radical (unpaired) electrons. The predicted molar refractivity (Wildman–Crippen MR) is 73.7 cm³/mol. The molecule has 0 saturated carbocycles. The van der Waals surface area contributed by atoms with Crippen LogP contribution in [-0.4, -0.2) is 28.9 Å². The Morgan fingerprint density at radius 3 is 3.18 bits per heavy atom. The first-order valence-electron chi connectivity index (χ1n) is 5.74. The number of thioether (sulfide) groups is 1. The Morgan fingerprint density at radius 1 is 1.65 bits per heavy atom. The van der Waals surface area contributed by atoms with Crippen molar-refractivity contribution >= 4 is 34.1 Å². The molecule has 1 heterocycles. The number of hydrogen-bond acceptors (Lipinski definition) is 5. The number of amides is 1. The van der Waals surface area contributed by atoms with E-state index in [0.717, 1.165) is 24.3 Å². The lowest BCUT2D eigenvalue weighted by molar-refractivity contribution is -0.117. The second kappa shape index (κ2) is 5.84. The minimum atomic E-state index is -0.429. The fourth-order valence-electron chi connectivity index (χ4n) is 1.82. The minimum Gasteiger partial charge on any atom is -0.320 e. The highest BCUT2D eigenvalue weighted by Gasteiger charge is 2.19. The van der Waals surface area contributed by atoms with Gasteiger partial charge in [0.25, 0.3) is 0 Å². The van der Waals surface area contributed by atoms with Gasteiger partial charge in [0.2, 0.25) is 5.91 Å². The SMILES string of the molecule is CSCC[C@H](N)C(=O)Nc1nc2c(s1)CCC2. The minimum absolute atomic E-state index is 0.119. The lowest BCUT2D eigenvalue weighted by Gasteiger charge is -2.09. The van der Waals surface area contributed by atoms with Crippen molar-refractivity contribution in [3.8, 4) is 0 Å². The van der Waals surface area contributed by atoms with Crippen LogP contribution in [0.3, 0.4) is 0 Å². The van der Waals surface area contributed by atoms with Gasteiger partial charge in [-0.2, -0.15) is 11.8 Å². The van der Waals surface area contributed by atoms with Gasteiger partial charge in [0.1, 0.15) is 0 Å². The first-order chi connectivity index (χ1) is 8.20. The third kappa shape index (κ3) is 3.20. The zero-order valence-corrected chi connectivity index (χ0v) is 11.5. The van der Waals surface area contributed by atoms with E-state index < -0.39 is 6.04 Å². The molecule has 0 fully saturated rings. The van der Waals surface area contributed by atoms with Crippen LogP contribution in [0, 0.1) is 0 Å². The predicted octanol–water partition coefficient (Wildman–Crippen LogP) is 1.65. The summed E-state index contributed by atoms with van der Waals surface area (Å²) >= 11 is 3.29. The summed E-state index contributed by atoms with van der Waals surface area (Å²) in [6.07, 6.45) is 6.05. The van der Waals surface area contributed by atoms with Gasteiger partial charge in [-0.25, -0.2) is 4.98 Å². The van der Waals surface area contributed by atoms with Crippen LogP contribution in [0.15, 0.2) is 0 Å². The van der Waals surface area contributed by atoms with Crippen LogP contribution in [-0.2, 0) is 17.6 Å². The Kier molecular flexibility index (Phi) is 4.42. The summed E-state index contributed by atoms with van der Waals surface area (Å²) in [5, 5.41) is 3.52. The third-order valence-corrected chi connectivity index (χ3v) is 4.51. The Balaban J connectivity index is 1.89. The molecule has 1 atom stereocenters. The number of anilines is 1. The molecule has 2 rings (SSSR count). The standard InChI is InChI=1S/C11H17N3OS2/c1-16-6-5-7(12)10(15)14-11-13-8-3-2-4-9(8)17-11/h7H,2-6,12H2,1H3,(H,13,14,15)/t7-/m0/s1. The van der Waals surface area contributed by atoms with Crippen molar-refractivity contribution in [2.24, 2.45) is 5.73 Å². The second-order valence-electron chi connectivity index (χ2n) is 4.12. The highest BCUT2D eigenvalue weighted by molar-refractivity contribution is 7.98. The van der Waals surface area contributed by atoms with Crippen LogP contribution in [0.5, 0.6) is 0 Å². The van der Waals surface area contributed by atoms with Crippen molar-refractivity contribution in [2.45, 2.75) is 31.7 Å². The lowest BCUT2D eigenvalue weighted by atomic mass is 10.2. The lowest BCUT2D eigenvalue weighted by Crippen LogP contribution is -2.36. The van der Waals surface area contributed by atoms with Crippen LogP contribution in [0.2, 0.25) is 0 Å². The van der Waals surface area contributed by atoms with Crippen LogP contribution in [0.4, 0.5) is 5.13 Å². The summed E-state index contributed by atoms with van der Waals surface area (Å²) in [4.78, 5) is 17.5. The van der Waals surface area contributed by atoms with Crippen LogP contribution < -0.4 is 11.1 Å². The number of nitrogens with two attached hydrogens (primary N) is 1. The number of hydrogen-bond donors (Lipinski definition) is 2. The van der Waals surface area contributed by atoms with Crippen molar-refractivity contribution in [1.82, 2.24) is 4.98 Å². The molecule has 0 saturated heterocycles. The molecule has 17 heavy (non-hydrogen) atoms. The van der Waals surface area contributed by atoms with E-state index in [9.17, 15) is 4.79 Å². The van der Waals surface area contributed by atoms with E-state index in [1.165, 1.54) is 11.3 Å². The average molecular weight is 271 g/mol. The summed E-state index contributed by atoms with van der Waals surface area (Å²) in [6, 6.07) is -0.429. The average Bonchev–Trinajstić information content (AvgIpc) is 2.86. The molecule has 0 spiro atoms. The Bertz CT molecular complexity index is 384. The Hall–Kier alpha value is -0.590. The smallest absolute Gasteiger partial charge is 0.243 e. The van der Waals surface area contributed by atoms with E-state index in [-0.39, 0.29) is 5.91 Å². The zero-order chi connectivity index (χ0) is 12.3. The summed E-state index contributed by atoms with van der Waals surface area (Å²) in [5.74, 6) is 0.787. The maximum absolute atomic E-state index is 11.8. The zero-order valence-electron chi connectivity index (χ0n) is 9.86. The van der Waals surface area contributed by atoms with Crippen LogP contribution in [0.1, 0.15) is 23.4 Å². The summed E-state index contributed by atoms with van der Waals surface area (Å²) in [7, 11) is 0. The van der Waals surface area contributed by atoms with Gasteiger partial charge in [-0.3, -0.25) is 4.79 Å². The van der Waals surface area contributed by atoms with E-state index in [4.69, 9.17) is 5.73 Å². The molecule has 0 aromatic carbocycles. The fourth-order valence-corrected chi connectivity index (χ4v) is 3.36. The van der Waals surface area contributed by atoms with E-state index in [1.54, 1.807) is 23.1 Å². The van der Waals surface area contributed by atoms with Crippen molar-refractivity contribution in [1.29, 1.82) is 0 Å². The van der Waals surface area contributed by atoms with Crippen molar-refractivity contribution in [3.05, 3.63) is 10.6 Å². The third-order valence-electron chi connectivity index (χ3n) is 2.80. The maximum atomic E-state index is 11.8. The van der Waals surface area contributed by atoms with E-state index >= 15 is 0 Å². The summed E-state index contributed by atoms with van der Waals surface area (Å²) in [6.45, 7) is 0. The molecule has 4 nitrogen and oxygen atoms in total. The van der Waals surface area contributed by atoms with Gasteiger partial charge in [0, 0.05) is 4.88 Å². The van der Waals surface area contributed by atoms with Gasteiger partial charge >= 0.3 is 0 Å². The highest BCUT2D eigenvalue weighted by atomic mass is 32.2. The molecule has 0 bridgehead atoms. The molecule has 0 unspecified atom stereocenters. The number of carbonyl (C=O) groups excluding carboxylic acids is 1. The van der Waals surface area contributed by atoms with Crippen molar-refractivity contribution in [3.63, 3.8) is 0 Å². The highest BCUT2D eigenvalue weighted by Crippen LogP contribution is 2.30. The largest absolute Gasteiger partial charge is 0.320 e. The molecule has 0 aliphatic heterocycles. The molecule has 1 aliphatic rings. The number of nitrogens with one attached hydrogen (secondary N) is 1. The van der Waals surface area contributed by atoms with Gasteiger partial charge in [-0.05, 0) is 37.7 Å². The Morgan fingerprint density at radius 2 is 2.47 bits per heavy atom. The quantitative estimate of drug-likeness (QED) is 0.854. The summed E-state index contributed by atoms with van der Waals surface area (Å²) < 4.78 is 0. The number of fused-ring (bicyclic) bond motifs is 1. The van der Waals surface area contributed by atoms with Crippen LogP contribution in [0.25, 0.3) is 0 Å². The van der Waals surface area contributed by atoms with Crippen molar-refractivity contribution < 1.29 is 4.79 Å². The van der Waals surface area contributed by atoms with E-state index in [2.05, 4.69) is 10.3 Å². The first-order valence-corrected chi connectivity index (χ1v) is 7.95. The van der Waals surface area contributed by atoms with Gasteiger partial charge in [-0.15, -0.1) is 11.3 Å². The molecule has 94 valence electrons.